The summed E-state index contributed by atoms with van der Waals surface area (Å²) in [5.74, 6) is 0.219. The van der Waals surface area contributed by atoms with Gasteiger partial charge in [0, 0.05) is 17.4 Å². The van der Waals surface area contributed by atoms with Gasteiger partial charge in [-0.15, -0.1) is 0 Å². The van der Waals surface area contributed by atoms with Gasteiger partial charge in [-0.1, -0.05) is 11.2 Å². The Labute approximate surface area is 199 Å². The number of anilines is 2. The van der Waals surface area contributed by atoms with Crippen molar-refractivity contribution >= 4 is 41.0 Å². The summed E-state index contributed by atoms with van der Waals surface area (Å²) in [7, 11) is 0. The van der Waals surface area contributed by atoms with Crippen molar-refractivity contribution in [2.24, 2.45) is 0 Å². The van der Waals surface area contributed by atoms with Gasteiger partial charge in [0.05, 0.1) is 18.8 Å². The van der Waals surface area contributed by atoms with E-state index in [9.17, 15) is 18.4 Å². The van der Waals surface area contributed by atoms with Crippen LogP contribution in [0.3, 0.4) is 0 Å². The Balaban J connectivity index is 1.52. The molecule has 1 aromatic heterocycles. The molecule has 1 atom stereocenters. The van der Waals surface area contributed by atoms with Gasteiger partial charge in [-0.3, -0.25) is 9.80 Å². The molecule has 2 aliphatic heterocycles. The van der Waals surface area contributed by atoms with Gasteiger partial charge in [-0.25, -0.2) is 18.4 Å². The van der Waals surface area contributed by atoms with Crippen molar-refractivity contribution in [2.45, 2.75) is 38.9 Å². The maximum atomic E-state index is 14.9. The molecule has 0 saturated carbocycles. The number of aromatic nitrogens is 1. The van der Waals surface area contributed by atoms with Crippen LogP contribution in [0.2, 0.25) is 0 Å². The molecule has 1 saturated heterocycles. The first-order valence-electron chi connectivity index (χ1n) is 10.8. The van der Waals surface area contributed by atoms with E-state index in [1.165, 1.54) is 17.2 Å². The molecular weight excluding hydrogens is 468 g/mol. The Kier molecular flexibility index (Phi) is 6.83. The number of carbonyl (C=O) groups excluding carboxylic acids is 2. The number of carbonyl (C=O) groups is 2. The lowest BCUT2D eigenvalue weighted by Gasteiger charge is -2.26. The summed E-state index contributed by atoms with van der Waals surface area (Å²) in [6.07, 6.45) is 1.44. The molecule has 182 valence electrons. The summed E-state index contributed by atoms with van der Waals surface area (Å²) < 4.78 is 45.4. The van der Waals surface area contributed by atoms with Crippen LogP contribution < -0.4 is 9.80 Å². The molecule has 0 radical (unpaired) electrons. The molecule has 2 amide bonds. The predicted octanol–water partition coefficient (Wildman–Crippen LogP) is 5.24. The first kappa shape index (κ1) is 24.1. The van der Waals surface area contributed by atoms with Crippen molar-refractivity contribution in [3.05, 3.63) is 47.7 Å². The van der Waals surface area contributed by atoms with Crippen molar-refractivity contribution < 1.29 is 32.4 Å². The summed E-state index contributed by atoms with van der Waals surface area (Å²) in [6, 6.07) is 3.74. The van der Waals surface area contributed by atoms with Gasteiger partial charge in [0.2, 0.25) is 0 Å². The van der Waals surface area contributed by atoms with Gasteiger partial charge in [0.15, 0.2) is 5.82 Å². The number of hydrogen-bond acceptors (Lipinski definition) is 7. The lowest BCUT2D eigenvalue weighted by molar-refractivity contribution is 0.0556. The van der Waals surface area contributed by atoms with Gasteiger partial charge < -0.3 is 14.0 Å². The Morgan fingerprint density at radius 2 is 2.06 bits per heavy atom. The maximum absolute atomic E-state index is 14.9. The molecular formula is C23H25F2N3O5S. The highest BCUT2D eigenvalue weighted by Gasteiger charge is 2.37. The number of hydrogen-bond donors (Lipinski definition) is 0. The van der Waals surface area contributed by atoms with Crippen LogP contribution in [0.1, 0.15) is 32.8 Å². The lowest BCUT2D eigenvalue weighted by Crippen LogP contribution is -2.42. The van der Waals surface area contributed by atoms with Gasteiger partial charge >= 0.3 is 12.2 Å². The van der Waals surface area contributed by atoms with Crippen LogP contribution in [-0.4, -0.2) is 53.6 Å². The van der Waals surface area contributed by atoms with Crippen molar-refractivity contribution in [3.63, 3.8) is 0 Å². The molecule has 4 rings (SSSR count). The SMILES string of the molecule is CC(C)(C)OC(=O)N(C[C@H]1CN(c2cc(F)c(C3=CCSCC3)c(F)c2)C(=O)O1)c1ccon1. The molecule has 0 unspecified atom stereocenters. The normalized spacial score (nSPS) is 18.5. The van der Waals surface area contributed by atoms with E-state index >= 15 is 0 Å². The summed E-state index contributed by atoms with van der Waals surface area (Å²) in [5.41, 5.74) is -0.152. The summed E-state index contributed by atoms with van der Waals surface area (Å²) >= 11 is 1.70. The minimum absolute atomic E-state index is 0.0203. The number of allylic oxidation sites excluding steroid dienone is 1. The summed E-state index contributed by atoms with van der Waals surface area (Å²) in [4.78, 5) is 27.6. The molecule has 2 aromatic rings. The van der Waals surface area contributed by atoms with Crippen molar-refractivity contribution in [2.75, 3.05) is 34.4 Å². The van der Waals surface area contributed by atoms with E-state index in [1.807, 2.05) is 6.08 Å². The van der Waals surface area contributed by atoms with E-state index in [0.29, 0.717) is 17.7 Å². The molecule has 1 fully saturated rings. The topological polar surface area (TPSA) is 85.1 Å². The monoisotopic (exact) mass is 493 g/mol. The molecule has 8 nitrogen and oxygen atoms in total. The number of thioether (sulfide) groups is 1. The van der Waals surface area contributed by atoms with Gasteiger partial charge in [-0.2, -0.15) is 11.8 Å². The Bertz CT molecular complexity index is 1080. The Hall–Kier alpha value is -3.08. The largest absolute Gasteiger partial charge is 0.443 e. The molecule has 0 spiro atoms. The third-order valence-electron chi connectivity index (χ3n) is 5.20. The number of rotatable bonds is 5. The molecule has 0 aliphatic carbocycles. The van der Waals surface area contributed by atoms with Gasteiger partial charge in [0.25, 0.3) is 0 Å². The summed E-state index contributed by atoms with van der Waals surface area (Å²) in [6.45, 7) is 5.05. The number of benzene rings is 1. The van der Waals surface area contributed by atoms with Crippen LogP contribution in [0.25, 0.3) is 5.57 Å². The highest BCUT2D eigenvalue weighted by Crippen LogP contribution is 2.33. The van der Waals surface area contributed by atoms with E-state index in [0.717, 1.165) is 22.8 Å². The van der Waals surface area contributed by atoms with E-state index < -0.39 is 35.5 Å². The third-order valence-corrected chi connectivity index (χ3v) is 6.09. The van der Waals surface area contributed by atoms with E-state index in [-0.39, 0.29) is 30.2 Å². The standard InChI is InChI=1S/C23H25F2N3O5S/c1-23(2,3)33-22(30)28(19-4-7-31-26-19)13-16-12-27(21(29)32-16)15-10-17(24)20(18(25)11-15)14-5-8-34-9-6-14/h4-5,7,10-11,16H,6,8-9,12-13H2,1-3H3/t16-/m1/s1. The number of cyclic esters (lactones) is 1. The zero-order chi connectivity index (χ0) is 24.5. The number of nitrogens with zero attached hydrogens (tertiary/aromatic N) is 3. The molecule has 2 aliphatic rings. The number of halogens is 2. The minimum Gasteiger partial charge on any atom is -0.443 e. The van der Waals surface area contributed by atoms with E-state index in [2.05, 4.69) is 5.16 Å². The molecule has 3 heterocycles. The van der Waals surface area contributed by atoms with E-state index in [4.69, 9.17) is 14.0 Å². The van der Waals surface area contributed by atoms with Crippen molar-refractivity contribution in [1.82, 2.24) is 5.16 Å². The second-order valence-electron chi connectivity index (χ2n) is 8.90. The van der Waals surface area contributed by atoms with Gasteiger partial charge in [0.1, 0.15) is 29.6 Å². The average Bonchev–Trinajstić information content (AvgIpc) is 3.40. The van der Waals surface area contributed by atoms with Crippen LogP contribution >= 0.6 is 11.8 Å². The maximum Gasteiger partial charge on any atom is 0.416 e. The second-order valence-corrected chi connectivity index (χ2v) is 10.1. The molecule has 34 heavy (non-hydrogen) atoms. The first-order valence-corrected chi connectivity index (χ1v) is 11.9. The number of amides is 2. The average molecular weight is 494 g/mol. The third kappa shape index (κ3) is 5.35. The fourth-order valence-electron chi connectivity index (χ4n) is 3.73. The summed E-state index contributed by atoms with van der Waals surface area (Å²) in [5, 5.41) is 3.77. The van der Waals surface area contributed by atoms with Crippen LogP contribution in [0, 0.1) is 11.6 Å². The van der Waals surface area contributed by atoms with Crippen LogP contribution in [0.5, 0.6) is 0 Å². The van der Waals surface area contributed by atoms with Crippen molar-refractivity contribution in [1.29, 1.82) is 0 Å². The second kappa shape index (κ2) is 9.65. The first-order chi connectivity index (χ1) is 16.1. The molecule has 1 aromatic carbocycles. The highest BCUT2D eigenvalue weighted by molar-refractivity contribution is 7.99. The number of ether oxygens (including phenoxy) is 2. The zero-order valence-electron chi connectivity index (χ0n) is 19.0. The minimum atomic E-state index is -0.791. The van der Waals surface area contributed by atoms with E-state index in [1.54, 1.807) is 32.5 Å². The lowest BCUT2D eigenvalue weighted by atomic mass is 10.0. The fraction of sp³-hybridized carbons (Fsp3) is 0.435. The molecule has 11 heteroatoms. The Morgan fingerprint density at radius 3 is 2.65 bits per heavy atom. The van der Waals surface area contributed by atoms with Gasteiger partial charge in [-0.05, 0) is 50.7 Å². The fourth-order valence-corrected chi connectivity index (χ4v) is 4.58. The van der Waals surface area contributed by atoms with Crippen LogP contribution in [0.15, 0.2) is 35.1 Å². The van der Waals surface area contributed by atoms with Crippen LogP contribution in [-0.2, 0) is 9.47 Å². The quantitative estimate of drug-likeness (QED) is 0.563. The Morgan fingerprint density at radius 1 is 1.32 bits per heavy atom. The van der Waals surface area contributed by atoms with Crippen molar-refractivity contribution in [3.8, 4) is 0 Å². The van der Waals surface area contributed by atoms with Crippen LogP contribution in [0.4, 0.5) is 29.9 Å². The predicted molar refractivity (Wildman–Crippen MR) is 124 cm³/mol. The highest BCUT2D eigenvalue weighted by atomic mass is 32.2. The smallest absolute Gasteiger partial charge is 0.416 e. The molecule has 0 N–H and O–H groups in total. The zero-order valence-corrected chi connectivity index (χ0v) is 19.9. The molecule has 0 bridgehead atoms.